The van der Waals surface area contributed by atoms with E-state index >= 15 is 0 Å². The molecule has 2 unspecified atom stereocenters. The van der Waals surface area contributed by atoms with E-state index in [4.69, 9.17) is 5.11 Å². The number of rotatable bonds is 5. The smallest absolute Gasteiger partial charge is 0.315 e. The van der Waals surface area contributed by atoms with Crippen LogP contribution in [0, 0.1) is 5.92 Å². The van der Waals surface area contributed by atoms with E-state index in [2.05, 4.69) is 15.7 Å². The van der Waals surface area contributed by atoms with Crippen LogP contribution in [0.4, 0.5) is 4.79 Å². The van der Waals surface area contributed by atoms with Gasteiger partial charge in [-0.3, -0.25) is 9.48 Å². The minimum absolute atomic E-state index is 0.213. The summed E-state index contributed by atoms with van der Waals surface area (Å²) in [6, 6.07) is -0.496. The van der Waals surface area contributed by atoms with Crippen LogP contribution in [0.25, 0.3) is 0 Å². The van der Waals surface area contributed by atoms with E-state index in [9.17, 15) is 9.59 Å². The van der Waals surface area contributed by atoms with Gasteiger partial charge in [-0.15, -0.1) is 0 Å². The van der Waals surface area contributed by atoms with Gasteiger partial charge in [-0.1, -0.05) is 12.2 Å². The molecule has 1 aliphatic rings. The molecule has 0 saturated heterocycles. The Hall–Kier alpha value is -2.31. The molecular formula is C13H18N4O3. The second-order valence-electron chi connectivity index (χ2n) is 4.84. The lowest BCUT2D eigenvalue weighted by Gasteiger charge is -2.12. The molecule has 3 N–H and O–H groups in total. The van der Waals surface area contributed by atoms with Crippen molar-refractivity contribution in [2.75, 3.05) is 6.54 Å². The fourth-order valence-corrected chi connectivity index (χ4v) is 2.13. The summed E-state index contributed by atoms with van der Waals surface area (Å²) in [5.74, 6) is -1.36. The van der Waals surface area contributed by atoms with Crippen molar-refractivity contribution in [1.82, 2.24) is 20.4 Å². The van der Waals surface area contributed by atoms with Crippen LogP contribution in [0.15, 0.2) is 24.5 Å². The molecule has 2 rings (SSSR count). The van der Waals surface area contributed by atoms with Crippen LogP contribution in [-0.4, -0.2) is 39.5 Å². The predicted molar refractivity (Wildman–Crippen MR) is 72.1 cm³/mol. The molecule has 7 heteroatoms. The maximum absolute atomic E-state index is 11.6. The van der Waals surface area contributed by atoms with Crippen molar-refractivity contribution < 1.29 is 14.7 Å². The largest absolute Gasteiger partial charge is 0.481 e. The van der Waals surface area contributed by atoms with E-state index < -0.39 is 11.9 Å². The fraction of sp³-hybridized carbons (Fsp3) is 0.462. The van der Waals surface area contributed by atoms with Crippen molar-refractivity contribution in [2.24, 2.45) is 13.0 Å². The zero-order chi connectivity index (χ0) is 14.5. The van der Waals surface area contributed by atoms with E-state index in [0.717, 1.165) is 5.56 Å². The number of hydrogen-bond donors (Lipinski definition) is 3. The quantitative estimate of drug-likeness (QED) is 0.674. The van der Waals surface area contributed by atoms with Crippen molar-refractivity contribution >= 4 is 12.0 Å². The molecule has 2 atom stereocenters. The van der Waals surface area contributed by atoms with Gasteiger partial charge in [-0.05, 0) is 18.4 Å². The van der Waals surface area contributed by atoms with Crippen LogP contribution in [0.2, 0.25) is 0 Å². The number of carboxylic acids is 1. The number of urea groups is 1. The average Bonchev–Trinajstić information content (AvgIpc) is 2.99. The van der Waals surface area contributed by atoms with Crippen LogP contribution in [0.5, 0.6) is 0 Å². The minimum Gasteiger partial charge on any atom is -0.481 e. The second-order valence-corrected chi connectivity index (χ2v) is 4.84. The molecule has 2 amide bonds. The van der Waals surface area contributed by atoms with Crippen LogP contribution in [0.3, 0.4) is 0 Å². The molecule has 108 valence electrons. The Bertz CT molecular complexity index is 523. The Morgan fingerprint density at radius 2 is 2.30 bits per heavy atom. The number of hydrogen-bond acceptors (Lipinski definition) is 3. The molecule has 1 aromatic heterocycles. The summed E-state index contributed by atoms with van der Waals surface area (Å²) < 4.78 is 1.71. The third-order valence-corrected chi connectivity index (χ3v) is 3.17. The number of carbonyl (C=O) groups excluding carboxylic acids is 1. The van der Waals surface area contributed by atoms with Gasteiger partial charge in [0.25, 0.3) is 0 Å². The van der Waals surface area contributed by atoms with Crippen molar-refractivity contribution in [3.05, 3.63) is 30.1 Å². The van der Waals surface area contributed by atoms with Gasteiger partial charge in [0.1, 0.15) is 0 Å². The van der Waals surface area contributed by atoms with Gasteiger partial charge >= 0.3 is 12.0 Å². The van der Waals surface area contributed by atoms with Crippen LogP contribution in [0.1, 0.15) is 12.0 Å². The third kappa shape index (κ3) is 3.84. The number of amides is 2. The lowest BCUT2D eigenvalue weighted by Crippen LogP contribution is -2.41. The van der Waals surface area contributed by atoms with E-state index in [1.807, 2.05) is 13.2 Å². The lowest BCUT2D eigenvalue weighted by molar-refractivity contribution is -0.140. The molecule has 0 bridgehead atoms. The van der Waals surface area contributed by atoms with Gasteiger partial charge in [0, 0.05) is 19.8 Å². The molecule has 0 aromatic carbocycles. The molecule has 7 nitrogen and oxygen atoms in total. The highest BCUT2D eigenvalue weighted by Crippen LogP contribution is 2.17. The van der Waals surface area contributed by atoms with Crippen molar-refractivity contribution in [3.8, 4) is 0 Å². The molecule has 0 aliphatic heterocycles. The van der Waals surface area contributed by atoms with Gasteiger partial charge in [0.05, 0.1) is 18.2 Å². The first kappa shape index (κ1) is 14.1. The minimum atomic E-state index is -0.859. The van der Waals surface area contributed by atoms with Gasteiger partial charge in [-0.2, -0.15) is 5.10 Å². The summed E-state index contributed by atoms with van der Waals surface area (Å²) in [6.07, 6.45) is 8.11. The molecule has 0 radical (unpaired) electrons. The SMILES string of the molecule is Cn1cc(CCNC(=O)NC2C=CC(C(=O)O)C2)cn1. The molecule has 1 aromatic rings. The number of nitrogens with one attached hydrogen (secondary N) is 2. The normalized spacial score (nSPS) is 20.9. The number of carbonyl (C=O) groups is 2. The summed E-state index contributed by atoms with van der Waals surface area (Å²) in [5.41, 5.74) is 1.06. The van der Waals surface area contributed by atoms with E-state index in [0.29, 0.717) is 19.4 Å². The molecule has 20 heavy (non-hydrogen) atoms. The zero-order valence-electron chi connectivity index (χ0n) is 11.2. The number of aliphatic carboxylic acids is 1. The molecule has 1 heterocycles. The maximum atomic E-state index is 11.6. The fourth-order valence-electron chi connectivity index (χ4n) is 2.13. The summed E-state index contributed by atoms with van der Waals surface area (Å²) in [5, 5.41) is 18.4. The van der Waals surface area contributed by atoms with Gasteiger partial charge in [0.2, 0.25) is 0 Å². The highest BCUT2D eigenvalue weighted by Gasteiger charge is 2.25. The van der Waals surface area contributed by atoms with Crippen molar-refractivity contribution in [1.29, 1.82) is 0 Å². The highest BCUT2D eigenvalue weighted by atomic mass is 16.4. The summed E-state index contributed by atoms with van der Waals surface area (Å²) in [7, 11) is 1.84. The zero-order valence-corrected chi connectivity index (χ0v) is 11.2. The summed E-state index contributed by atoms with van der Waals surface area (Å²) in [4.78, 5) is 22.4. The Labute approximate surface area is 116 Å². The average molecular weight is 278 g/mol. The van der Waals surface area contributed by atoms with Gasteiger partial charge in [0.15, 0.2) is 0 Å². The monoisotopic (exact) mass is 278 g/mol. The van der Waals surface area contributed by atoms with Crippen LogP contribution in [-0.2, 0) is 18.3 Å². The third-order valence-electron chi connectivity index (χ3n) is 3.17. The first-order chi connectivity index (χ1) is 9.54. The molecule has 0 saturated carbocycles. The van der Waals surface area contributed by atoms with Gasteiger partial charge < -0.3 is 15.7 Å². The van der Waals surface area contributed by atoms with Crippen LogP contribution >= 0.6 is 0 Å². The lowest BCUT2D eigenvalue weighted by atomic mass is 10.1. The van der Waals surface area contributed by atoms with E-state index in [-0.39, 0.29) is 12.1 Å². The Kier molecular flexibility index (Phi) is 4.39. The van der Waals surface area contributed by atoms with Crippen LogP contribution < -0.4 is 10.6 Å². The predicted octanol–water partition coefficient (Wildman–Crippen LogP) is 0.291. The molecular weight excluding hydrogens is 260 g/mol. The first-order valence-corrected chi connectivity index (χ1v) is 6.47. The Morgan fingerprint density at radius 1 is 1.50 bits per heavy atom. The maximum Gasteiger partial charge on any atom is 0.315 e. The van der Waals surface area contributed by atoms with E-state index in [1.165, 1.54) is 0 Å². The van der Waals surface area contributed by atoms with E-state index in [1.54, 1.807) is 23.0 Å². The summed E-state index contributed by atoms with van der Waals surface area (Å²) in [6.45, 7) is 0.510. The Balaban J connectivity index is 1.66. The highest BCUT2D eigenvalue weighted by molar-refractivity contribution is 5.76. The number of aromatic nitrogens is 2. The first-order valence-electron chi connectivity index (χ1n) is 6.47. The second kappa shape index (κ2) is 6.23. The molecule has 0 spiro atoms. The standard InChI is InChI=1S/C13H18N4O3/c1-17-8-9(7-15-17)4-5-14-13(20)16-11-3-2-10(6-11)12(18)19/h2-3,7-8,10-11H,4-6H2,1H3,(H,18,19)(H2,14,16,20). The Morgan fingerprint density at radius 3 is 2.90 bits per heavy atom. The molecule has 1 aliphatic carbocycles. The number of carboxylic acid groups (broad SMARTS) is 1. The van der Waals surface area contributed by atoms with Crippen molar-refractivity contribution in [2.45, 2.75) is 18.9 Å². The number of nitrogens with zero attached hydrogens (tertiary/aromatic N) is 2. The number of aryl methyl sites for hydroxylation is 1. The summed E-state index contributed by atoms with van der Waals surface area (Å²) >= 11 is 0. The topological polar surface area (TPSA) is 96.2 Å². The van der Waals surface area contributed by atoms with Crippen molar-refractivity contribution in [3.63, 3.8) is 0 Å². The van der Waals surface area contributed by atoms with Gasteiger partial charge in [-0.25, -0.2) is 4.79 Å². The molecule has 0 fully saturated rings.